The summed E-state index contributed by atoms with van der Waals surface area (Å²) in [5.41, 5.74) is 0.968. The molecule has 2 aromatic carbocycles. The Morgan fingerprint density at radius 3 is 2.36 bits per heavy atom. The maximum absolute atomic E-state index is 13.0. The van der Waals surface area contributed by atoms with E-state index >= 15 is 0 Å². The van der Waals surface area contributed by atoms with Gasteiger partial charge < -0.3 is 19.7 Å². The molecule has 0 saturated carbocycles. The molecule has 0 heterocycles. The zero-order valence-corrected chi connectivity index (χ0v) is 14.3. The number of ether oxygens (including phenoxy) is 2. The van der Waals surface area contributed by atoms with Crippen molar-refractivity contribution in [3.05, 3.63) is 52.6 Å². The molecule has 6 nitrogen and oxygen atoms in total. The van der Waals surface area contributed by atoms with Crippen LogP contribution < -0.4 is 4.74 Å². The average Bonchev–Trinajstić information content (AvgIpc) is 2.61. The summed E-state index contributed by atoms with van der Waals surface area (Å²) < 4.78 is 9.80. The molecule has 0 aliphatic heterocycles. The lowest BCUT2D eigenvalue weighted by Crippen LogP contribution is -2.14. The van der Waals surface area contributed by atoms with Gasteiger partial charge in [-0.2, -0.15) is 0 Å². The summed E-state index contributed by atoms with van der Waals surface area (Å²) in [6, 6.07) is 7.60. The van der Waals surface area contributed by atoms with Crippen molar-refractivity contribution in [1.82, 2.24) is 0 Å². The third-order valence-electron chi connectivity index (χ3n) is 3.97. The van der Waals surface area contributed by atoms with Crippen molar-refractivity contribution in [2.45, 2.75) is 19.8 Å². The van der Waals surface area contributed by atoms with Crippen molar-refractivity contribution in [3.63, 3.8) is 0 Å². The first-order valence-corrected chi connectivity index (χ1v) is 7.75. The van der Waals surface area contributed by atoms with Crippen LogP contribution in [0.25, 0.3) is 0 Å². The largest absolute Gasteiger partial charge is 0.508 e. The van der Waals surface area contributed by atoms with Gasteiger partial charge in [-0.1, -0.05) is 19.1 Å². The molecule has 0 atom stereocenters. The number of rotatable bonds is 6. The van der Waals surface area contributed by atoms with E-state index in [2.05, 4.69) is 4.74 Å². The maximum Gasteiger partial charge on any atom is 0.310 e. The molecule has 2 N–H and O–H groups in total. The number of methoxy groups -OCH3 is 2. The van der Waals surface area contributed by atoms with Gasteiger partial charge in [-0.3, -0.25) is 9.59 Å². The normalized spacial score (nSPS) is 10.4. The van der Waals surface area contributed by atoms with Gasteiger partial charge in [0.2, 0.25) is 0 Å². The number of esters is 1. The van der Waals surface area contributed by atoms with Gasteiger partial charge in [0.1, 0.15) is 17.2 Å². The Bertz CT molecular complexity index is 810. The molecule has 25 heavy (non-hydrogen) atoms. The molecule has 0 bridgehead atoms. The van der Waals surface area contributed by atoms with Crippen LogP contribution in [-0.4, -0.2) is 36.2 Å². The number of carbonyl (C=O) groups excluding carboxylic acids is 2. The van der Waals surface area contributed by atoms with Crippen LogP contribution >= 0.6 is 0 Å². The molecular weight excluding hydrogens is 324 g/mol. The summed E-state index contributed by atoms with van der Waals surface area (Å²) >= 11 is 0. The third kappa shape index (κ3) is 3.74. The van der Waals surface area contributed by atoms with E-state index in [-0.39, 0.29) is 29.0 Å². The smallest absolute Gasteiger partial charge is 0.310 e. The molecule has 0 aliphatic rings. The molecule has 2 rings (SSSR count). The van der Waals surface area contributed by atoms with Crippen molar-refractivity contribution in [2.75, 3.05) is 14.2 Å². The Hall–Kier alpha value is -3.02. The van der Waals surface area contributed by atoms with E-state index in [1.165, 1.54) is 14.2 Å². The van der Waals surface area contributed by atoms with E-state index < -0.39 is 11.8 Å². The molecule has 2 aromatic rings. The molecular formula is C19H20O6. The summed E-state index contributed by atoms with van der Waals surface area (Å²) in [5, 5.41) is 20.3. The fourth-order valence-electron chi connectivity index (χ4n) is 2.72. The van der Waals surface area contributed by atoms with Crippen molar-refractivity contribution >= 4 is 11.8 Å². The zero-order chi connectivity index (χ0) is 18.6. The Morgan fingerprint density at radius 1 is 1.04 bits per heavy atom. The van der Waals surface area contributed by atoms with Crippen LogP contribution in [-0.2, 0) is 22.4 Å². The van der Waals surface area contributed by atoms with Crippen LogP contribution in [0.5, 0.6) is 17.2 Å². The van der Waals surface area contributed by atoms with Crippen LogP contribution in [0.2, 0.25) is 0 Å². The minimum atomic E-state index is -0.570. The Labute approximate surface area is 145 Å². The molecule has 0 fully saturated rings. The van der Waals surface area contributed by atoms with Crippen molar-refractivity contribution in [3.8, 4) is 17.2 Å². The highest BCUT2D eigenvalue weighted by Gasteiger charge is 2.25. The van der Waals surface area contributed by atoms with Gasteiger partial charge >= 0.3 is 5.97 Å². The van der Waals surface area contributed by atoms with Crippen LogP contribution in [0.15, 0.2) is 30.3 Å². The number of hydrogen-bond donors (Lipinski definition) is 2. The highest BCUT2D eigenvalue weighted by atomic mass is 16.5. The van der Waals surface area contributed by atoms with Gasteiger partial charge in [-0.05, 0) is 29.7 Å². The lowest BCUT2D eigenvalue weighted by Gasteiger charge is -2.16. The molecule has 0 amide bonds. The first kappa shape index (κ1) is 18.3. The lowest BCUT2D eigenvalue weighted by atomic mass is 9.90. The van der Waals surface area contributed by atoms with Gasteiger partial charge in [0.25, 0.3) is 0 Å². The number of aromatic hydroxyl groups is 2. The van der Waals surface area contributed by atoms with Crippen LogP contribution in [0.3, 0.4) is 0 Å². The van der Waals surface area contributed by atoms with Crippen molar-refractivity contribution in [1.29, 1.82) is 0 Å². The Kier molecular flexibility index (Phi) is 5.64. The first-order valence-electron chi connectivity index (χ1n) is 7.75. The minimum Gasteiger partial charge on any atom is -0.508 e. The summed E-state index contributed by atoms with van der Waals surface area (Å²) in [5.74, 6) is -1.10. The molecule has 0 aliphatic carbocycles. The molecule has 0 radical (unpaired) electrons. The van der Waals surface area contributed by atoms with Gasteiger partial charge in [0.05, 0.1) is 26.2 Å². The lowest BCUT2D eigenvalue weighted by molar-refractivity contribution is -0.139. The van der Waals surface area contributed by atoms with Crippen molar-refractivity contribution in [2.24, 2.45) is 0 Å². The highest BCUT2D eigenvalue weighted by Crippen LogP contribution is 2.35. The summed E-state index contributed by atoms with van der Waals surface area (Å²) in [6.45, 7) is 1.78. The van der Waals surface area contributed by atoms with E-state index in [0.717, 1.165) is 6.07 Å². The Morgan fingerprint density at radius 2 is 1.76 bits per heavy atom. The second-order valence-electron chi connectivity index (χ2n) is 5.41. The number of benzene rings is 2. The molecule has 0 saturated heterocycles. The van der Waals surface area contributed by atoms with Gasteiger partial charge in [0, 0.05) is 11.6 Å². The van der Waals surface area contributed by atoms with Crippen LogP contribution in [0, 0.1) is 0 Å². The highest BCUT2D eigenvalue weighted by molar-refractivity contribution is 6.12. The second kappa shape index (κ2) is 7.70. The van der Waals surface area contributed by atoms with Gasteiger partial charge in [-0.15, -0.1) is 0 Å². The number of ketones is 1. The quantitative estimate of drug-likeness (QED) is 0.618. The van der Waals surface area contributed by atoms with E-state index in [1.807, 2.05) is 0 Å². The summed E-state index contributed by atoms with van der Waals surface area (Å²) in [7, 11) is 2.72. The van der Waals surface area contributed by atoms with Crippen molar-refractivity contribution < 1.29 is 29.3 Å². The van der Waals surface area contributed by atoms with E-state index in [9.17, 15) is 19.8 Å². The standard InChI is InChI=1S/C19H20O6/c1-4-13-14(9-17(22)25-3)18(16(21)10-15(13)20)19(23)11-6-5-7-12(8-11)24-2/h5-8,10,20-21H,4,9H2,1-3H3. The van der Waals surface area contributed by atoms with Gasteiger partial charge in [-0.25, -0.2) is 0 Å². The predicted octanol–water partition coefficient (Wildman–Crippen LogP) is 2.62. The fraction of sp³-hybridized carbons (Fsp3) is 0.263. The zero-order valence-electron chi connectivity index (χ0n) is 14.3. The maximum atomic E-state index is 13.0. The Balaban J connectivity index is 2.65. The van der Waals surface area contributed by atoms with E-state index in [4.69, 9.17) is 4.74 Å². The summed E-state index contributed by atoms with van der Waals surface area (Å²) in [6.07, 6.45) is 0.156. The van der Waals surface area contributed by atoms with Crippen LogP contribution in [0.4, 0.5) is 0 Å². The molecule has 0 spiro atoms. The topological polar surface area (TPSA) is 93.1 Å². The second-order valence-corrected chi connectivity index (χ2v) is 5.41. The molecule has 0 unspecified atom stereocenters. The van der Waals surface area contributed by atoms with Crippen LogP contribution in [0.1, 0.15) is 34.0 Å². The third-order valence-corrected chi connectivity index (χ3v) is 3.97. The number of phenols is 2. The van der Waals surface area contributed by atoms with E-state index in [0.29, 0.717) is 23.3 Å². The minimum absolute atomic E-state index is 0.0201. The molecule has 132 valence electrons. The summed E-state index contributed by atoms with van der Waals surface area (Å²) in [4.78, 5) is 24.7. The fourth-order valence-corrected chi connectivity index (χ4v) is 2.72. The SMILES string of the molecule is CCc1c(O)cc(O)c(C(=O)c2cccc(OC)c2)c1CC(=O)OC. The molecule has 0 aromatic heterocycles. The number of phenolic OH excluding ortho intramolecular Hbond substituents is 2. The average molecular weight is 344 g/mol. The predicted molar refractivity (Wildman–Crippen MR) is 91.3 cm³/mol. The molecule has 6 heteroatoms. The number of carbonyl (C=O) groups is 2. The monoisotopic (exact) mass is 344 g/mol. The first-order chi connectivity index (χ1) is 11.9. The van der Waals surface area contributed by atoms with E-state index in [1.54, 1.807) is 31.2 Å². The number of hydrogen-bond acceptors (Lipinski definition) is 6. The van der Waals surface area contributed by atoms with Gasteiger partial charge in [0.15, 0.2) is 5.78 Å².